The van der Waals surface area contributed by atoms with Gasteiger partial charge in [0.25, 0.3) is 5.91 Å². The van der Waals surface area contributed by atoms with E-state index >= 15 is 0 Å². The van der Waals surface area contributed by atoms with Gasteiger partial charge in [0.1, 0.15) is 17.0 Å². The third kappa shape index (κ3) is 1.06. The largest absolute Gasteiger partial charge is 0.308 e. The van der Waals surface area contributed by atoms with E-state index in [0.717, 1.165) is 4.68 Å². The monoisotopic (exact) mass is 204 g/mol. The smallest absolute Gasteiger partial charge is 0.263 e. The van der Waals surface area contributed by atoms with E-state index in [9.17, 15) is 9.59 Å². The molecule has 0 radical (unpaired) electrons. The lowest BCUT2D eigenvalue weighted by molar-refractivity contribution is -0.122. The summed E-state index contributed by atoms with van der Waals surface area (Å²) in [5.74, 6) is -0.688. The van der Waals surface area contributed by atoms with Crippen LogP contribution in [0.2, 0.25) is 0 Å². The number of carbonyl (C=O) groups is 2. The Kier molecular flexibility index (Phi) is 1.67. The molecular weight excluding hydrogens is 196 g/mol. The summed E-state index contributed by atoms with van der Waals surface area (Å²) in [5, 5.41) is 15.0. The minimum absolute atomic E-state index is 0.159. The first-order valence-corrected chi connectivity index (χ1v) is 4.33. The molecule has 1 aliphatic heterocycles. The predicted molar refractivity (Wildman–Crippen MR) is 50.0 cm³/mol. The lowest BCUT2D eigenvalue weighted by Gasteiger charge is -2.27. The molecular formula is C9H8N4O2. The van der Waals surface area contributed by atoms with Crippen LogP contribution in [-0.2, 0) is 4.79 Å². The van der Waals surface area contributed by atoms with Gasteiger partial charge in [-0.1, -0.05) is 0 Å². The number of hydrogen-bond acceptors (Lipinski definition) is 4. The fraction of sp³-hybridized carbons (Fsp3) is 0.333. The van der Waals surface area contributed by atoms with E-state index < -0.39 is 17.2 Å². The van der Waals surface area contributed by atoms with Crippen LogP contribution in [0.25, 0.3) is 0 Å². The maximum atomic E-state index is 11.8. The van der Waals surface area contributed by atoms with Gasteiger partial charge in [0.15, 0.2) is 5.82 Å². The molecule has 1 aliphatic rings. The van der Waals surface area contributed by atoms with Crippen molar-refractivity contribution in [1.82, 2.24) is 9.78 Å². The van der Waals surface area contributed by atoms with E-state index in [0.29, 0.717) is 0 Å². The fourth-order valence-electron chi connectivity index (χ4n) is 1.33. The van der Waals surface area contributed by atoms with Crippen molar-refractivity contribution in [2.75, 3.05) is 5.32 Å². The summed E-state index contributed by atoms with van der Waals surface area (Å²) in [6.07, 6.45) is 1.26. The normalized spacial score (nSPS) is 17.9. The Labute approximate surface area is 85.5 Å². The molecule has 0 aliphatic carbocycles. The molecule has 6 nitrogen and oxygen atoms in total. The summed E-state index contributed by atoms with van der Waals surface area (Å²) >= 11 is 0. The molecule has 1 N–H and O–H groups in total. The van der Waals surface area contributed by atoms with Gasteiger partial charge in [-0.3, -0.25) is 9.59 Å². The van der Waals surface area contributed by atoms with Crippen LogP contribution >= 0.6 is 0 Å². The van der Waals surface area contributed by atoms with Crippen LogP contribution in [0.3, 0.4) is 0 Å². The summed E-state index contributed by atoms with van der Waals surface area (Å²) < 4.78 is 1.06. The molecule has 0 saturated carbocycles. The van der Waals surface area contributed by atoms with Gasteiger partial charge in [-0.05, 0) is 13.8 Å². The van der Waals surface area contributed by atoms with E-state index in [1.54, 1.807) is 0 Å². The highest BCUT2D eigenvalue weighted by molar-refractivity contribution is 6.14. The molecule has 1 aromatic rings. The average Bonchev–Trinajstić information content (AvgIpc) is 2.58. The molecule has 76 valence electrons. The number of carbonyl (C=O) groups excluding carboxylic acids is 2. The topological polar surface area (TPSA) is 87.8 Å². The molecule has 2 heterocycles. The molecule has 0 bridgehead atoms. The molecule has 0 fully saturated rings. The molecule has 0 unspecified atom stereocenters. The number of hydrogen-bond donors (Lipinski definition) is 1. The molecule has 0 aromatic carbocycles. The minimum atomic E-state index is -1.15. The second-order valence-electron chi connectivity index (χ2n) is 3.81. The number of anilines is 1. The highest BCUT2D eigenvalue weighted by atomic mass is 16.2. The number of fused-ring (bicyclic) bond motifs is 1. The fourth-order valence-corrected chi connectivity index (χ4v) is 1.33. The highest BCUT2D eigenvalue weighted by Crippen LogP contribution is 2.29. The van der Waals surface area contributed by atoms with Crippen molar-refractivity contribution in [3.63, 3.8) is 0 Å². The Morgan fingerprint density at radius 3 is 2.80 bits per heavy atom. The molecule has 0 atom stereocenters. The number of amides is 1. The van der Waals surface area contributed by atoms with Crippen LogP contribution in [0, 0.1) is 16.7 Å². The lowest BCUT2D eigenvalue weighted by Crippen LogP contribution is -2.46. The summed E-state index contributed by atoms with van der Waals surface area (Å²) in [5.41, 5.74) is -0.960. The van der Waals surface area contributed by atoms with Crippen LogP contribution < -0.4 is 5.32 Å². The third-order valence-electron chi connectivity index (χ3n) is 2.42. The Morgan fingerprint density at radius 1 is 1.53 bits per heavy atom. The zero-order valence-corrected chi connectivity index (χ0v) is 8.24. The second kappa shape index (κ2) is 2.67. The Balaban J connectivity index is 2.64. The van der Waals surface area contributed by atoms with Gasteiger partial charge in [0.05, 0.1) is 6.20 Å². The molecule has 1 amide bonds. The first-order chi connectivity index (χ1) is 6.98. The first-order valence-electron chi connectivity index (χ1n) is 4.33. The van der Waals surface area contributed by atoms with Gasteiger partial charge in [0, 0.05) is 0 Å². The van der Waals surface area contributed by atoms with Gasteiger partial charge >= 0.3 is 0 Å². The maximum Gasteiger partial charge on any atom is 0.263 e. The standard InChI is InChI=1S/C9H8N4O2/c1-9(2)7(14)12-6-5(3-10)4-11-13(6)8(9)15/h4H,1-2H3,(H,12,14). The number of nitrogens with one attached hydrogen (secondary N) is 1. The quantitative estimate of drug-likeness (QED) is 0.618. The Morgan fingerprint density at radius 2 is 2.20 bits per heavy atom. The molecule has 15 heavy (non-hydrogen) atoms. The Bertz CT molecular complexity index is 507. The number of aromatic nitrogens is 2. The number of nitrogens with zero attached hydrogens (tertiary/aromatic N) is 3. The van der Waals surface area contributed by atoms with Crippen LogP contribution in [0.1, 0.15) is 24.2 Å². The Hall–Kier alpha value is -2.16. The number of rotatable bonds is 0. The molecule has 1 aromatic heterocycles. The lowest BCUT2D eigenvalue weighted by atomic mass is 9.90. The molecule has 6 heteroatoms. The van der Waals surface area contributed by atoms with Crippen molar-refractivity contribution in [3.8, 4) is 6.07 Å². The summed E-state index contributed by atoms with van der Waals surface area (Å²) in [7, 11) is 0. The van der Waals surface area contributed by atoms with Gasteiger partial charge in [-0.25, -0.2) is 0 Å². The summed E-state index contributed by atoms with van der Waals surface area (Å²) in [4.78, 5) is 23.4. The van der Waals surface area contributed by atoms with Crippen molar-refractivity contribution >= 4 is 17.6 Å². The van der Waals surface area contributed by atoms with Crippen LogP contribution in [0.15, 0.2) is 6.20 Å². The van der Waals surface area contributed by atoms with Crippen molar-refractivity contribution in [2.45, 2.75) is 13.8 Å². The maximum absolute atomic E-state index is 11.8. The van der Waals surface area contributed by atoms with Crippen LogP contribution in [0.4, 0.5) is 5.82 Å². The highest BCUT2D eigenvalue weighted by Gasteiger charge is 2.43. The first kappa shape index (κ1) is 9.40. The molecule has 2 rings (SSSR count). The zero-order valence-electron chi connectivity index (χ0n) is 8.24. The van der Waals surface area contributed by atoms with Gasteiger partial charge < -0.3 is 5.32 Å². The molecule has 0 saturated heterocycles. The SMILES string of the molecule is CC1(C)C(=O)Nc2c(C#N)cnn2C1=O. The van der Waals surface area contributed by atoms with Crippen molar-refractivity contribution in [1.29, 1.82) is 5.26 Å². The van der Waals surface area contributed by atoms with Crippen LogP contribution in [0.5, 0.6) is 0 Å². The van der Waals surface area contributed by atoms with E-state index in [1.807, 2.05) is 6.07 Å². The molecule has 0 spiro atoms. The van der Waals surface area contributed by atoms with Crippen molar-refractivity contribution in [3.05, 3.63) is 11.8 Å². The van der Waals surface area contributed by atoms with E-state index in [4.69, 9.17) is 5.26 Å². The zero-order chi connectivity index (χ0) is 11.2. The van der Waals surface area contributed by atoms with Gasteiger partial charge in [0.2, 0.25) is 5.91 Å². The van der Waals surface area contributed by atoms with E-state index in [-0.39, 0.29) is 11.4 Å². The van der Waals surface area contributed by atoms with Gasteiger partial charge in [-0.15, -0.1) is 0 Å². The second-order valence-corrected chi connectivity index (χ2v) is 3.81. The third-order valence-corrected chi connectivity index (χ3v) is 2.42. The van der Waals surface area contributed by atoms with Crippen LogP contribution in [-0.4, -0.2) is 21.6 Å². The summed E-state index contributed by atoms with van der Waals surface area (Å²) in [6, 6.07) is 1.85. The predicted octanol–water partition coefficient (Wildman–Crippen LogP) is 0.373. The minimum Gasteiger partial charge on any atom is -0.308 e. The van der Waals surface area contributed by atoms with Crippen molar-refractivity contribution in [2.24, 2.45) is 5.41 Å². The number of nitriles is 1. The summed E-state index contributed by atoms with van der Waals surface area (Å²) in [6.45, 7) is 3.03. The van der Waals surface area contributed by atoms with E-state index in [2.05, 4.69) is 10.4 Å². The van der Waals surface area contributed by atoms with Crippen molar-refractivity contribution < 1.29 is 9.59 Å². The van der Waals surface area contributed by atoms with Gasteiger partial charge in [-0.2, -0.15) is 15.0 Å². The average molecular weight is 204 g/mol. The van der Waals surface area contributed by atoms with E-state index in [1.165, 1.54) is 20.0 Å².